The van der Waals surface area contributed by atoms with E-state index in [2.05, 4.69) is 9.97 Å². The van der Waals surface area contributed by atoms with E-state index in [1.807, 2.05) is 0 Å². The molecule has 142 valence electrons. The maximum atomic E-state index is 13.3. The van der Waals surface area contributed by atoms with Crippen molar-refractivity contribution < 1.29 is 27.9 Å². The van der Waals surface area contributed by atoms with Crippen LogP contribution in [0.5, 0.6) is 0 Å². The van der Waals surface area contributed by atoms with Crippen molar-refractivity contribution in [1.29, 1.82) is 0 Å². The van der Waals surface area contributed by atoms with Gasteiger partial charge in [-0.05, 0) is 45.4 Å². The quantitative estimate of drug-likeness (QED) is 0.863. The molecule has 1 saturated heterocycles. The molecule has 0 radical (unpaired) electrons. The van der Waals surface area contributed by atoms with E-state index in [0.717, 1.165) is 6.42 Å². The molecule has 0 aromatic carbocycles. The number of aryl methyl sites for hydroxylation is 2. The Balaban J connectivity index is 1.88. The minimum Gasteiger partial charge on any atom is -0.480 e. The molecule has 3 rings (SSSR count). The van der Waals surface area contributed by atoms with Gasteiger partial charge in [-0.15, -0.1) is 0 Å². The zero-order chi connectivity index (χ0) is 19.1. The van der Waals surface area contributed by atoms with Crippen molar-refractivity contribution in [3.8, 4) is 0 Å². The zero-order valence-electron chi connectivity index (χ0n) is 14.3. The molecule has 6 nitrogen and oxygen atoms in total. The first-order valence-electron chi connectivity index (χ1n) is 8.65. The molecule has 1 amide bonds. The van der Waals surface area contributed by atoms with Crippen molar-refractivity contribution in [3.63, 3.8) is 0 Å². The number of piperidine rings is 1. The van der Waals surface area contributed by atoms with Crippen molar-refractivity contribution in [2.24, 2.45) is 5.92 Å². The second-order valence-electron chi connectivity index (χ2n) is 6.86. The molecule has 1 aromatic rings. The summed E-state index contributed by atoms with van der Waals surface area (Å²) >= 11 is 0. The Morgan fingerprint density at radius 2 is 1.92 bits per heavy atom. The van der Waals surface area contributed by atoms with Gasteiger partial charge in [-0.3, -0.25) is 4.79 Å². The molecule has 2 unspecified atom stereocenters. The van der Waals surface area contributed by atoms with Gasteiger partial charge in [-0.1, -0.05) is 0 Å². The molecule has 1 aromatic heterocycles. The second kappa shape index (κ2) is 6.85. The van der Waals surface area contributed by atoms with E-state index in [1.165, 1.54) is 11.8 Å². The molecule has 1 aliphatic heterocycles. The van der Waals surface area contributed by atoms with Crippen LogP contribution < -0.4 is 0 Å². The minimum absolute atomic E-state index is 0.0309. The van der Waals surface area contributed by atoms with Crippen LogP contribution in [-0.4, -0.2) is 44.4 Å². The molecule has 1 fully saturated rings. The van der Waals surface area contributed by atoms with E-state index >= 15 is 0 Å². The normalized spacial score (nSPS) is 23.5. The number of carboxylic acid groups (broad SMARTS) is 1. The predicted octanol–water partition coefficient (Wildman–Crippen LogP) is 2.37. The molecule has 2 aliphatic rings. The van der Waals surface area contributed by atoms with Gasteiger partial charge in [0.1, 0.15) is 11.9 Å². The largest absolute Gasteiger partial charge is 0.480 e. The van der Waals surface area contributed by atoms with Crippen LogP contribution in [0.2, 0.25) is 0 Å². The number of aromatic nitrogens is 2. The second-order valence-corrected chi connectivity index (χ2v) is 6.86. The fourth-order valence-electron chi connectivity index (χ4n) is 3.87. The van der Waals surface area contributed by atoms with Crippen LogP contribution in [-0.2, 0) is 28.6 Å². The van der Waals surface area contributed by atoms with Crippen molar-refractivity contribution in [2.45, 2.75) is 57.7 Å². The Kier molecular flexibility index (Phi) is 4.90. The summed E-state index contributed by atoms with van der Waals surface area (Å²) in [5, 5.41) is 9.33. The van der Waals surface area contributed by atoms with Crippen LogP contribution in [0.25, 0.3) is 0 Å². The summed E-state index contributed by atoms with van der Waals surface area (Å²) in [5.74, 6) is -2.06. The SMILES string of the molecule is Cc1nc2c(c(C(F)(F)F)n1)CC(C(=O)N1CCCCC1C(=O)O)CC2. The number of likely N-dealkylation sites (tertiary alicyclic amines) is 1. The van der Waals surface area contributed by atoms with Gasteiger partial charge in [0.2, 0.25) is 5.91 Å². The third-order valence-electron chi connectivity index (χ3n) is 5.07. The lowest BCUT2D eigenvalue weighted by Crippen LogP contribution is -2.51. The number of rotatable bonds is 2. The number of carbonyl (C=O) groups excluding carboxylic acids is 1. The monoisotopic (exact) mass is 371 g/mol. The number of nitrogens with zero attached hydrogens (tertiary/aromatic N) is 3. The summed E-state index contributed by atoms with van der Waals surface area (Å²) in [5.41, 5.74) is -0.676. The Morgan fingerprint density at radius 3 is 2.58 bits per heavy atom. The van der Waals surface area contributed by atoms with Crippen molar-refractivity contribution in [1.82, 2.24) is 14.9 Å². The summed E-state index contributed by atoms with van der Waals surface area (Å²) in [6.07, 6.45) is -2.30. The molecule has 0 bridgehead atoms. The van der Waals surface area contributed by atoms with E-state index in [9.17, 15) is 27.9 Å². The Hall–Kier alpha value is -2.19. The summed E-state index contributed by atoms with van der Waals surface area (Å²) in [7, 11) is 0. The summed E-state index contributed by atoms with van der Waals surface area (Å²) < 4.78 is 40.0. The number of aliphatic carboxylic acids is 1. The first-order chi connectivity index (χ1) is 12.2. The van der Waals surface area contributed by atoms with Crippen molar-refractivity contribution in [2.75, 3.05) is 6.54 Å². The van der Waals surface area contributed by atoms with E-state index in [4.69, 9.17) is 0 Å². The molecule has 0 saturated carbocycles. The molecular formula is C17H20F3N3O3. The minimum atomic E-state index is -4.61. The standard InChI is InChI=1S/C17H20F3N3O3/c1-9-21-12-6-5-10(8-11(12)14(22-9)17(18,19)20)15(24)23-7-3-2-4-13(23)16(25)26/h10,13H,2-8H2,1H3,(H,25,26). The van der Waals surface area contributed by atoms with Gasteiger partial charge in [-0.25, -0.2) is 14.8 Å². The highest BCUT2D eigenvalue weighted by Gasteiger charge is 2.42. The molecular weight excluding hydrogens is 351 g/mol. The highest BCUT2D eigenvalue weighted by molar-refractivity contribution is 5.85. The Morgan fingerprint density at radius 1 is 1.19 bits per heavy atom. The average molecular weight is 371 g/mol. The number of hydrogen-bond acceptors (Lipinski definition) is 4. The van der Waals surface area contributed by atoms with E-state index < -0.39 is 29.8 Å². The number of carbonyl (C=O) groups is 2. The maximum absolute atomic E-state index is 13.3. The number of amides is 1. The molecule has 2 atom stereocenters. The van der Waals surface area contributed by atoms with Crippen LogP contribution >= 0.6 is 0 Å². The Bertz CT molecular complexity index is 736. The number of halogens is 3. The summed E-state index contributed by atoms with van der Waals surface area (Å²) in [6, 6.07) is -0.894. The first kappa shape index (κ1) is 18.6. The third-order valence-corrected chi connectivity index (χ3v) is 5.07. The van der Waals surface area contributed by atoms with Gasteiger partial charge < -0.3 is 10.0 Å². The van der Waals surface area contributed by atoms with E-state index in [1.54, 1.807) is 0 Å². The average Bonchev–Trinajstić information content (AvgIpc) is 2.59. The fraction of sp³-hybridized carbons (Fsp3) is 0.647. The molecule has 2 heterocycles. The van der Waals surface area contributed by atoms with Gasteiger partial charge in [0.05, 0.1) is 0 Å². The van der Waals surface area contributed by atoms with Gasteiger partial charge in [-0.2, -0.15) is 13.2 Å². The number of fused-ring (bicyclic) bond motifs is 1. The van der Waals surface area contributed by atoms with Gasteiger partial charge in [0, 0.05) is 23.7 Å². The summed E-state index contributed by atoms with van der Waals surface area (Å²) in [6.45, 7) is 1.74. The van der Waals surface area contributed by atoms with Crippen LogP contribution in [0.15, 0.2) is 0 Å². The van der Waals surface area contributed by atoms with E-state index in [-0.39, 0.29) is 30.1 Å². The van der Waals surface area contributed by atoms with Crippen molar-refractivity contribution in [3.05, 3.63) is 22.8 Å². The molecule has 0 spiro atoms. The Labute approximate surface area is 148 Å². The zero-order valence-corrected chi connectivity index (χ0v) is 14.3. The number of hydrogen-bond donors (Lipinski definition) is 1. The molecule has 26 heavy (non-hydrogen) atoms. The van der Waals surface area contributed by atoms with Crippen molar-refractivity contribution >= 4 is 11.9 Å². The van der Waals surface area contributed by atoms with Crippen LogP contribution in [0.4, 0.5) is 13.2 Å². The van der Waals surface area contributed by atoms with Gasteiger partial charge in [0.15, 0.2) is 5.69 Å². The highest BCUT2D eigenvalue weighted by atomic mass is 19.4. The van der Waals surface area contributed by atoms with Crippen LogP contribution in [0.1, 0.15) is 48.5 Å². The van der Waals surface area contributed by atoms with Crippen LogP contribution in [0.3, 0.4) is 0 Å². The fourth-order valence-corrected chi connectivity index (χ4v) is 3.87. The number of carboxylic acids is 1. The molecule has 1 aliphatic carbocycles. The highest BCUT2D eigenvalue weighted by Crippen LogP contribution is 2.36. The lowest BCUT2D eigenvalue weighted by Gasteiger charge is -2.36. The van der Waals surface area contributed by atoms with Crippen LogP contribution in [0, 0.1) is 12.8 Å². The maximum Gasteiger partial charge on any atom is 0.433 e. The van der Waals surface area contributed by atoms with E-state index in [0.29, 0.717) is 31.5 Å². The molecule has 9 heteroatoms. The lowest BCUT2D eigenvalue weighted by molar-refractivity contribution is -0.154. The smallest absolute Gasteiger partial charge is 0.433 e. The first-order valence-corrected chi connectivity index (χ1v) is 8.65. The van der Waals surface area contributed by atoms with Gasteiger partial charge in [0.25, 0.3) is 0 Å². The summed E-state index contributed by atoms with van der Waals surface area (Å²) in [4.78, 5) is 33.2. The van der Waals surface area contributed by atoms with Gasteiger partial charge >= 0.3 is 12.1 Å². The number of alkyl halides is 3. The topological polar surface area (TPSA) is 83.4 Å². The lowest BCUT2D eigenvalue weighted by atomic mass is 9.83. The third kappa shape index (κ3) is 3.52. The molecule has 1 N–H and O–H groups in total. The predicted molar refractivity (Wildman–Crippen MR) is 84.3 cm³/mol.